The van der Waals surface area contributed by atoms with E-state index in [1.54, 1.807) is 13.0 Å². The zero-order valence-electron chi connectivity index (χ0n) is 10.6. The van der Waals surface area contributed by atoms with Crippen LogP contribution in [0.1, 0.15) is 15.9 Å². The molecule has 0 atom stereocenters. The molecular weight excluding hydrogens is 268 g/mol. The quantitative estimate of drug-likeness (QED) is 0.767. The number of hydrogen-bond acceptors (Lipinski definition) is 5. The van der Waals surface area contributed by atoms with Crippen LogP contribution in [0.2, 0.25) is 0 Å². The van der Waals surface area contributed by atoms with E-state index in [1.165, 1.54) is 6.07 Å². The van der Waals surface area contributed by atoms with Crippen molar-refractivity contribution in [1.29, 1.82) is 0 Å². The summed E-state index contributed by atoms with van der Waals surface area (Å²) in [4.78, 5) is 13.0. The first-order chi connectivity index (χ1) is 8.80. The van der Waals surface area contributed by atoms with Gasteiger partial charge < -0.3 is 15.7 Å². The highest BCUT2D eigenvalue weighted by Gasteiger charge is 2.23. The van der Waals surface area contributed by atoms with Crippen LogP contribution in [0.15, 0.2) is 12.1 Å². The summed E-state index contributed by atoms with van der Waals surface area (Å²) < 4.78 is 22.8. The van der Waals surface area contributed by atoms with E-state index in [1.807, 2.05) is 4.90 Å². The van der Waals surface area contributed by atoms with Crippen LogP contribution in [-0.2, 0) is 9.84 Å². The molecule has 7 heteroatoms. The van der Waals surface area contributed by atoms with Crippen molar-refractivity contribution in [2.45, 2.75) is 6.92 Å². The van der Waals surface area contributed by atoms with Gasteiger partial charge in [0, 0.05) is 24.5 Å². The molecule has 1 aliphatic heterocycles. The SMILES string of the molecule is Cc1cc(N2CCS(=O)(=O)CC2)cc(C(=O)O)c1N. The molecule has 6 nitrogen and oxygen atoms in total. The zero-order chi connectivity index (χ0) is 14.2. The fourth-order valence-corrected chi connectivity index (χ4v) is 3.31. The summed E-state index contributed by atoms with van der Waals surface area (Å²) >= 11 is 0. The van der Waals surface area contributed by atoms with Crippen molar-refractivity contribution >= 4 is 27.2 Å². The van der Waals surface area contributed by atoms with Gasteiger partial charge in [-0.05, 0) is 24.6 Å². The molecule has 104 valence electrons. The smallest absolute Gasteiger partial charge is 0.337 e. The summed E-state index contributed by atoms with van der Waals surface area (Å²) in [6, 6.07) is 3.29. The molecule has 1 aliphatic rings. The Balaban J connectivity index is 2.34. The van der Waals surface area contributed by atoms with Gasteiger partial charge in [-0.3, -0.25) is 0 Å². The first-order valence-corrected chi connectivity index (χ1v) is 7.71. The summed E-state index contributed by atoms with van der Waals surface area (Å²) in [6.07, 6.45) is 0. The Bertz CT molecular complexity index is 611. The average molecular weight is 284 g/mol. The Hall–Kier alpha value is -1.76. The number of nitrogens with zero attached hydrogens (tertiary/aromatic N) is 1. The van der Waals surface area contributed by atoms with E-state index >= 15 is 0 Å². The van der Waals surface area contributed by atoms with Gasteiger partial charge in [0.2, 0.25) is 0 Å². The van der Waals surface area contributed by atoms with Gasteiger partial charge in [0.1, 0.15) is 0 Å². The normalized spacial score (nSPS) is 18.3. The van der Waals surface area contributed by atoms with Crippen LogP contribution >= 0.6 is 0 Å². The van der Waals surface area contributed by atoms with Gasteiger partial charge in [-0.25, -0.2) is 13.2 Å². The largest absolute Gasteiger partial charge is 0.478 e. The van der Waals surface area contributed by atoms with Crippen molar-refractivity contribution in [1.82, 2.24) is 0 Å². The topological polar surface area (TPSA) is 101 Å². The lowest BCUT2D eigenvalue weighted by molar-refractivity contribution is 0.0698. The number of anilines is 2. The first-order valence-electron chi connectivity index (χ1n) is 5.89. The number of rotatable bonds is 2. The monoisotopic (exact) mass is 284 g/mol. The van der Waals surface area contributed by atoms with Crippen LogP contribution in [0, 0.1) is 6.92 Å². The Morgan fingerprint density at radius 3 is 2.42 bits per heavy atom. The van der Waals surface area contributed by atoms with E-state index in [0.717, 1.165) is 0 Å². The van der Waals surface area contributed by atoms with Crippen molar-refractivity contribution < 1.29 is 18.3 Å². The minimum Gasteiger partial charge on any atom is -0.478 e. The minimum atomic E-state index is -2.95. The van der Waals surface area contributed by atoms with Crippen molar-refractivity contribution in [2.24, 2.45) is 0 Å². The molecule has 0 unspecified atom stereocenters. The van der Waals surface area contributed by atoms with E-state index in [4.69, 9.17) is 10.8 Å². The number of nitrogens with two attached hydrogens (primary N) is 1. The molecule has 1 saturated heterocycles. The lowest BCUT2D eigenvalue weighted by Gasteiger charge is -2.29. The molecule has 19 heavy (non-hydrogen) atoms. The predicted octanol–water partition coefficient (Wildman–Crippen LogP) is 0.510. The zero-order valence-corrected chi connectivity index (χ0v) is 11.4. The van der Waals surface area contributed by atoms with E-state index in [-0.39, 0.29) is 22.8 Å². The second-order valence-corrected chi connectivity index (χ2v) is 6.97. The maximum atomic E-state index is 11.4. The van der Waals surface area contributed by atoms with Crippen LogP contribution in [0.3, 0.4) is 0 Å². The van der Waals surface area contributed by atoms with Gasteiger partial charge in [0.15, 0.2) is 9.84 Å². The fraction of sp³-hybridized carbons (Fsp3) is 0.417. The van der Waals surface area contributed by atoms with Crippen LogP contribution in [0.25, 0.3) is 0 Å². The van der Waals surface area contributed by atoms with Gasteiger partial charge >= 0.3 is 5.97 Å². The van der Waals surface area contributed by atoms with Crippen molar-refractivity contribution in [3.63, 3.8) is 0 Å². The fourth-order valence-electron chi connectivity index (χ4n) is 2.11. The van der Waals surface area contributed by atoms with E-state index in [0.29, 0.717) is 24.3 Å². The number of benzene rings is 1. The number of aromatic carboxylic acids is 1. The van der Waals surface area contributed by atoms with Crippen molar-refractivity contribution in [2.75, 3.05) is 35.2 Å². The van der Waals surface area contributed by atoms with Crippen LogP contribution in [0.5, 0.6) is 0 Å². The molecule has 0 amide bonds. The maximum Gasteiger partial charge on any atom is 0.337 e. The molecule has 0 spiro atoms. The second-order valence-electron chi connectivity index (χ2n) is 4.67. The van der Waals surface area contributed by atoms with Crippen LogP contribution in [-0.4, -0.2) is 44.1 Å². The molecule has 0 aromatic heterocycles. The van der Waals surface area contributed by atoms with Crippen molar-refractivity contribution in [3.8, 4) is 0 Å². The van der Waals surface area contributed by atoms with Crippen LogP contribution < -0.4 is 10.6 Å². The molecular formula is C12H16N2O4S. The number of sulfone groups is 1. The number of carboxylic acid groups (broad SMARTS) is 1. The summed E-state index contributed by atoms with van der Waals surface area (Å²) in [7, 11) is -2.95. The van der Waals surface area contributed by atoms with E-state index in [9.17, 15) is 13.2 Å². The molecule has 3 N–H and O–H groups in total. The third kappa shape index (κ3) is 2.81. The minimum absolute atomic E-state index is 0.0587. The van der Waals surface area contributed by atoms with Gasteiger partial charge in [-0.15, -0.1) is 0 Å². The Labute approximate surface area is 111 Å². The van der Waals surface area contributed by atoms with Gasteiger partial charge in [-0.1, -0.05) is 0 Å². The highest BCUT2D eigenvalue weighted by Crippen LogP contribution is 2.26. The average Bonchev–Trinajstić information content (AvgIpc) is 2.32. The molecule has 0 aliphatic carbocycles. The first kappa shape index (κ1) is 13.7. The van der Waals surface area contributed by atoms with Gasteiger partial charge in [0.05, 0.1) is 17.1 Å². The summed E-state index contributed by atoms with van der Waals surface area (Å²) in [5, 5.41) is 9.10. The number of carbonyl (C=O) groups is 1. The molecule has 0 bridgehead atoms. The van der Waals surface area contributed by atoms with E-state index in [2.05, 4.69) is 0 Å². The molecule has 1 aromatic carbocycles. The highest BCUT2D eigenvalue weighted by molar-refractivity contribution is 7.91. The second kappa shape index (κ2) is 4.73. The van der Waals surface area contributed by atoms with Gasteiger partial charge in [-0.2, -0.15) is 0 Å². The standard InChI is InChI=1S/C12H16N2O4S/c1-8-6-9(7-10(11(8)13)12(15)16)14-2-4-19(17,18)5-3-14/h6-7H,2-5,13H2,1H3,(H,15,16). The highest BCUT2D eigenvalue weighted by atomic mass is 32.2. The molecule has 1 heterocycles. The maximum absolute atomic E-state index is 11.4. The van der Waals surface area contributed by atoms with Crippen LogP contribution in [0.4, 0.5) is 11.4 Å². The Kier molecular flexibility index (Phi) is 3.40. The lowest BCUT2D eigenvalue weighted by Crippen LogP contribution is -2.40. The molecule has 1 aromatic rings. The Morgan fingerprint density at radius 1 is 1.32 bits per heavy atom. The molecule has 1 fully saturated rings. The summed E-state index contributed by atoms with van der Waals surface area (Å²) in [6.45, 7) is 2.50. The summed E-state index contributed by atoms with van der Waals surface area (Å²) in [5.74, 6) is -0.885. The van der Waals surface area contributed by atoms with Gasteiger partial charge in [0.25, 0.3) is 0 Å². The number of hydrogen-bond donors (Lipinski definition) is 2. The molecule has 2 rings (SSSR count). The third-order valence-electron chi connectivity index (χ3n) is 3.31. The molecule has 0 saturated carbocycles. The summed E-state index contributed by atoms with van der Waals surface area (Å²) in [5.41, 5.74) is 7.43. The number of aryl methyl sites for hydroxylation is 1. The lowest BCUT2D eigenvalue weighted by atomic mass is 10.1. The van der Waals surface area contributed by atoms with E-state index < -0.39 is 15.8 Å². The number of carboxylic acids is 1. The predicted molar refractivity (Wildman–Crippen MR) is 73.4 cm³/mol. The molecule has 0 radical (unpaired) electrons. The van der Waals surface area contributed by atoms with Crippen molar-refractivity contribution in [3.05, 3.63) is 23.3 Å². The number of nitrogen functional groups attached to an aromatic ring is 1. The Morgan fingerprint density at radius 2 is 1.89 bits per heavy atom. The third-order valence-corrected chi connectivity index (χ3v) is 4.92.